The molecule has 5 nitrogen and oxygen atoms in total. The van der Waals surface area contributed by atoms with Crippen LogP contribution in [0.2, 0.25) is 0 Å². The highest BCUT2D eigenvalue weighted by Gasteiger charge is 2.06. The third-order valence-electron chi connectivity index (χ3n) is 1.92. The lowest BCUT2D eigenvalue weighted by Gasteiger charge is -2.09. The van der Waals surface area contributed by atoms with Crippen molar-refractivity contribution in [3.8, 4) is 0 Å². The Hall–Kier alpha value is -1.36. The zero-order valence-electron chi connectivity index (χ0n) is 7.70. The van der Waals surface area contributed by atoms with Crippen LogP contribution in [0, 0.1) is 0 Å². The summed E-state index contributed by atoms with van der Waals surface area (Å²) in [6.45, 7) is 2.03. The van der Waals surface area contributed by atoms with Crippen LogP contribution < -0.4 is 17.2 Å². The average Bonchev–Trinajstić information content (AvgIpc) is 2.09. The Labute approximate surface area is 77.4 Å². The summed E-state index contributed by atoms with van der Waals surface area (Å²) in [5.41, 5.74) is 17.6. The van der Waals surface area contributed by atoms with Crippen molar-refractivity contribution < 1.29 is 0 Å². The van der Waals surface area contributed by atoms with E-state index in [4.69, 9.17) is 17.2 Å². The number of nitrogens with zero attached hydrogens (tertiary/aromatic N) is 2. The van der Waals surface area contributed by atoms with Crippen molar-refractivity contribution in [1.82, 2.24) is 9.97 Å². The molecule has 6 N–H and O–H groups in total. The molecule has 1 aromatic rings. The molecule has 0 spiro atoms. The molecule has 0 bridgehead atoms. The van der Waals surface area contributed by atoms with Crippen molar-refractivity contribution in [2.24, 2.45) is 5.73 Å². The topological polar surface area (TPSA) is 104 Å². The molecule has 0 saturated heterocycles. The Morgan fingerprint density at radius 3 is 2.69 bits per heavy atom. The number of nitrogens with two attached hydrogens (primary N) is 3. The van der Waals surface area contributed by atoms with Gasteiger partial charge >= 0.3 is 0 Å². The zero-order chi connectivity index (χ0) is 9.84. The van der Waals surface area contributed by atoms with E-state index in [1.165, 1.54) is 0 Å². The van der Waals surface area contributed by atoms with Crippen molar-refractivity contribution in [3.63, 3.8) is 0 Å². The molecule has 72 valence electrons. The second kappa shape index (κ2) is 4.04. The largest absolute Gasteiger partial charge is 0.383 e. The lowest BCUT2D eigenvalue weighted by Crippen LogP contribution is -2.22. The van der Waals surface area contributed by atoms with E-state index < -0.39 is 0 Å². The van der Waals surface area contributed by atoms with Crippen molar-refractivity contribution in [3.05, 3.63) is 11.8 Å². The van der Waals surface area contributed by atoms with Gasteiger partial charge in [0, 0.05) is 17.8 Å². The van der Waals surface area contributed by atoms with Crippen molar-refractivity contribution in [2.45, 2.75) is 25.8 Å². The molecule has 0 aromatic carbocycles. The molecule has 0 radical (unpaired) electrons. The number of anilines is 2. The summed E-state index contributed by atoms with van der Waals surface area (Å²) in [6, 6.07) is 0.106. The van der Waals surface area contributed by atoms with Crippen molar-refractivity contribution >= 4 is 11.8 Å². The number of hydrogen-bond acceptors (Lipinski definition) is 5. The molecule has 0 amide bonds. The number of nitrogen functional groups attached to an aromatic ring is 2. The molecule has 0 fully saturated rings. The fourth-order valence-corrected chi connectivity index (χ4v) is 1.02. The average molecular weight is 181 g/mol. The van der Waals surface area contributed by atoms with Crippen molar-refractivity contribution in [2.75, 3.05) is 11.5 Å². The van der Waals surface area contributed by atoms with Gasteiger partial charge in [0.25, 0.3) is 0 Å². The van der Waals surface area contributed by atoms with Gasteiger partial charge in [-0.1, -0.05) is 6.92 Å². The van der Waals surface area contributed by atoms with Gasteiger partial charge in [-0.25, -0.2) is 4.98 Å². The molecule has 1 rings (SSSR count). The van der Waals surface area contributed by atoms with E-state index in [2.05, 4.69) is 9.97 Å². The van der Waals surface area contributed by atoms with E-state index in [0.29, 0.717) is 12.2 Å². The lowest BCUT2D eigenvalue weighted by atomic mass is 10.1. The molecule has 0 saturated carbocycles. The maximum Gasteiger partial charge on any atom is 0.221 e. The SMILES string of the molecule is CCC(N)Cc1cnc(N)nc1N. The molecule has 1 aromatic heterocycles. The quantitative estimate of drug-likeness (QED) is 0.605. The Morgan fingerprint density at radius 2 is 2.15 bits per heavy atom. The highest BCUT2D eigenvalue weighted by Crippen LogP contribution is 2.10. The lowest BCUT2D eigenvalue weighted by molar-refractivity contribution is 0.645. The number of aromatic nitrogens is 2. The zero-order valence-corrected chi connectivity index (χ0v) is 7.70. The molecule has 1 heterocycles. The van der Waals surface area contributed by atoms with Crippen LogP contribution in [0.5, 0.6) is 0 Å². The van der Waals surface area contributed by atoms with E-state index in [-0.39, 0.29) is 12.0 Å². The molecule has 1 atom stereocenters. The maximum atomic E-state index is 5.77. The van der Waals surface area contributed by atoms with Gasteiger partial charge in [-0.3, -0.25) is 0 Å². The molecular formula is C8H15N5. The van der Waals surface area contributed by atoms with E-state index in [0.717, 1.165) is 12.0 Å². The first-order chi connectivity index (χ1) is 6.13. The van der Waals surface area contributed by atoms with Gasteiger partial charge in [-0.05, 0) is 12.8 Å². The third kappa shape index (κ3) is 2.55. The van der Waals surface area contributed by atoms with Gasteiger partial charge in [0.15, 0.2) is 0 Å². The van der Waals surface area contributed by atoms with Gasteiger partial charge in [0.05, 0.1) is 0 Å². The van der Waals surface area contributed by atoms with Crippen LogP contribution in [0.1, 0.15) is 18.9 Å². The minimum Gasteiger partial charge on any atom is -0.383 e. The van der Waals surface area contributed by atoms with Crippen molar-refractivity contribution in [1.29, 1.82) is 0 Å². The smallest absolute Gasteiger partial charge is 0.221 e. The monoisotopic (exact) mass is 181 g/mol. The van der Waals surface area contributed by atoms with Crippen LogP contribution in [0.15, 0.2) is 6.20 Å². The van der Waals surface area contributed by atoms with Crippen LogP contribution in [-0.4, -0.2) is 16.0 Å². The third-order valence-corrected chi connectivity index (χ3v) is 1.92. The number of rotatable bonds is 3. The van der Waals surface area contributed by atoms with Gasteiger partial charge in [-0.15, -0.1) is 0 Å². The van der Waals surface area contributed by atoms with Gasteiger partial charge in [0.2, 0.25) is 5.95 Å². The second-order valence-electron chi connectivity index (χ2n) is 3.01. The molecule has 0 aliphatic heterocycles. The summed E-state index contributed by atoms with van der Waals surface area (Å²) in [6.07, 6.45) is 3.24. The molecule has 1 unspecified atom stereocenters. The Morgan fingerprint density at radius 1 is 1.46 bits per heavy atom. The summed E-state index contributed by atoms with van der Waals surface area (Å²) < 4.78 is 0. The van der Waals surface area contributed by atoms with E-state index in [1.54, 1.807) is 6.20 Å². The van der Waals surface area contributed by atoms with Gasteiger partial charge in [0.1, 0.15) is 5.82 Å². The second-order valence-corrected chi connectivity index (χ2v) is 3.01. The summed E-state index contributed by atoms with van der Waals surface area (Å²) in [5.74, 6) is 0.628. The van der Waals surface area contributed by atoms with Crippen LogP contribution in [0.3, 0.4) is 0 Å². The number of hydrogen-bond donors (Lipinski definition) is 3. The molecule has 13 heavy (non-hydrogen) atoms. The molecular weight excluding hydrogens is 166 g/mol. The van der Waals surface area contributed by atoms with E-state index in [9.17, 15) is 0 Å². The Bertz CT molecular complexity index is 286. The first-order valence-electron chi connectivity index (χ1n) is 4.26. The van der Waals surface area contributed by atoms with E-state index >= 15 is 0 Å². The maximum absolute atomic E-state index is 5.77. The molecule has 5 heteroatoms. The van der Waals surface area contributed by atoms with Crippen LogP contribution in [-0.2, 0) is 6.42 Å². The molecule has 0 aliphatic carbocycles. The highest BCUT2D eigenvalue weighted by atomic mass is 15.0. The standard InChI is InChI=1S/C8H15N5/c1-2-6(9)3-5-4-12-8(11)13-7(5)10/h4,6H,2-3,9H2,1H3,(H4,10,11,12,13). The van der Waals surface area contributed by atoms with Crippen LogP contribution in [0.25, 0.3) is 0 Å². The van der Waals surface area contributed by atoms with Crippen LogP contribution in [0.4, 0.5) is 11.8 Å². The first kappa shape index (κ1) is 9.73. The minimum absolute atomic E-state index is 0.106. The van der Waals surface area contributed by atoms with Gasteiger partial charge < -0.3 is 17.2 Å². The first-order valence-corrected chi connectivity index (χ1v) is 4.26. The Kier molecular flexibility index (Phi) is 3.02. The summed E-state index contributed by atoms with van der Waals surface area (Å²) in [7, 11) is 0. The summed E-state index contributed by atoms with van der Waals surface area (Å²) in [5, 5.41) is 0. The fourth-order valence-electron chi connectivity index (χ4n) is 1.02. The highest BCUT2D eigenvalue weighted by molar-refractivity contribution is 5.41. The fraction of sp³-hybridized carbons (Fsp3) is 0.500. The summed E-state index contributed by atoms with van der Waals surface area (Å²) >= 11 is 0. The Balaban J connectivity index is 2.77. The van der Waals surface area contributed by atoms with Gasteiger partial charge in [-0.2, -0.15) is 4.98 Å². The predicted molar refractivity (Wildman–Crippen MR) is 52.8 cm³/mol. The molecule has 0 aliphatic rings. The normalized spacial score (nSPS) is 12.8. The minimum atomic E-state index is 0.106. The van der Waals surface area contributed by atoms with E-state index in [1.807, 2.05) is 6.92 Å². The summed E-state index contributed by atoms with van der Waals surface area (Å²) in [4.78, 5) is 7.71. The predicted octanol–water partition coefficient (Wildman–Crippen LogP) is -0.0792. The van der Waals surface area contributed by atoms with Crippen LogP contribution >= 0.6 is 0 Å².